The lowest BCUT2D eigenvalue weighted by atomic mass is 10.2. The predicted molar refractivity (Wildman–Crippen MR) is 137 cm³/mol. The Morgan fingerprint density at radius 1 is 0.743 bits per heavy atom. The molecule has 9 heteroatoms. The first-order valence-corrected chi connectivity index (χ1v) is 11.6. The van der Waals surface area contributed by atoms with Gasteiger partial charge in [0.2, 0.25) is 5.91 Å². The zero-order valence-corrected chi connectivity index (χ0v) is 21.0. The van der Waals surface area contributed by atoms with Gasteiger partial charge in [-0.15, -0.1) is 11.8 Å². The molecule has 184 valence electrons. The Kier molecular flexibility index (Phi) is 8.86. The highest BCUT2D eigenvalue weighted by molar-refractivity contribution is 8.00. The van der Waals surface area contributed by atoms with Crippen molar-refractivity contribution in [2.75, 3.05) is 39.1 Å². The van der Waals surface area contributed by atoms with Crippen molar-refractivity contribution in [3.8, 4) is 23.0 Å². The Labute approximate surface area is 208 Å². The predicted octanol–water partition coefficient (Wildman–Crippen LogP) is 5.09. The number of hydrogen-bond acceptors (Lipinski definition) is 7. The average molecular weight is 497 g/mol. The maximum absolute atomic E-state index is 12.7. The molecule has 0 aliphatic rings. The molecule has 3 aromatic carbocycles. The summed E-state index contributed by atoms with van der Waals surface area (Å²) in [6, 6.07) is 17.5. The van der Waals surface area contributed by atoms with Crippen LogP contribution in [0.2, 0.25) is 0 Å². The van der Waals surface area contributed by atoms with Crippen molar-refractivity contribution >= 4 is 35.0 Å². The Bertz CT molecular complexity index is 1180. The number of carbonyl (C=O) groups excluding carboxylic acids is 2. The summed E-state index contributed by atoms with van der Waals surface area (Å²) >= 11 is 1.40. The summed E-state index contributed by atoms with van der Waals surface area (Å²) < 4.78 is 21.0. The Morgan fingerprint density at radius 2 is 1.40 bits per heavy atom. The van der Waals surface area contributed by atoms with E-state index in [4.69, 9.17) is 18.9 Å². The molecule has 0 radical (unpaired) electrons. The average Bonchev–Trinajstić information content (AvgIpc) is 2.89. The summed E-state index contributed by atoms with van der Waals surface area (Å²) in [6.07, 6.45) is 0. The number of ether oxygens (including phenoxy) is 4. The van der Waals surface area contributed by atoms with Crippen LogP contribution in [-0.2, 0) is 4.79 Å². The molecule has 0 fully saturated rings. The molecule has 2 amide bonds. The molecule has 0 aliphatic heterocycles. The van der Waals surface area contributed by atoms with E-state index < -0.39 is 0 Å². The molecule has 0 aromatic heterocycles. The van der Waals surface area contributed by atoms with Gasteiger partial charge in [-0.05, 0) is 61.5 Å². The van der Waals surface area contributed by atoms with Gasteiger partial charge in [-0.3, -0.25) is 9.59 Å². The second kappa shape index (κ2) is 12.0. The highest BCUT2D eigenvalue weighted by atomic mass is 32.2. The fourth-order valence-corrected chi connectivity index (χ4v) is 4.07. The van der Waals surface area contributed by atoms with Crippen molar-refractivity contribution in [2.24, 2.45) is 0 Å². The van der Waals surface area contributed by atoms with E-state index in [1.54, 1.807) is 62.8 Å². The van der Waals surface area contributed by atoms with E-state index in [2.05, 4.69) is 10.6 Å². The van der Waals surface area contributed by atoms with Gasteiger partial charge in [-0.2, -0.15) is 0 Å². The van der Waals surface area contributed by atoms with Gasteiger partial charge >= 0.3 is 0 Å². The number of thioether (sulfide) groups is 1. The van der Waals surface area contributed by atoms with Gasteiger partial charge in [0, 0.05) is 22.2 Å². The monoisotopic (exact) mass is 496 g/mol. The molecule has 3 aromatic rings. The number of benzene rings is 3. The number of hydrogen-bond donors (Lipinski definition) is 2. The number of nitrogens with one attached hydrogen (secondary N) is 2. The summed E-state index contributed by atoms with van der Waals surface area (Å²) in [5.74, 6) is 1.75. The summed E-state index contributed by atoms with van der Waals surface area (Å²) in [5.41, 5.74) is 1.62. The summed E-state index contributed by atoms with van der Waals surface area (Å²) in [6.45, 7) is 1.82. The fourth-order valence-electron chi connectivity index (χ4n) is 3.20. The first-order valence-electron chi connectivity index (χ1n) is 10.7. The third kappa shape index (κ3) is 6.60. The van der Waals surface area contributed by atoms with E-state index in [0.717, 1.165) is 4.90 Å². The van der Waals surface area contributed by atoms with Crippen LogP contribution in [0.1, 0.15) is 17.3 Å². The van der Waals surface area contributed by atoms with E-state index in [9.17, 15) is 9.59 Å². The second-order valence-electron chi connectivity index (χ2n) is 7.36. The van der Waals surface area contributed by atoms with Crippen LogP contribution >= 0.6 is 11.8 Å². The maximum Gasteiger partial charge on any atom is 0.255 e. The molecule has 8 nitrogen and oxygen atoms in total. The van der Waals surface area contributed by atoms with E-state index in [-0.39, 0.29) is 17.1 Å². The molecule has 0 saturated carbocycles. The number of anilines is 2. The van der Waals surface area contributed by atoms with Gasteiger partial charge < -0.3 is 29.6 Å². The smallest absolute Gasteiger partial charge is 0.255 e. The molecule has 2 N–H and O–H groups in total. The van der Waals surface area contributed by atoms with Gasteiger partial charge in [0.1, 0.15) is 11.5 Å². The zero-order valence-electron chi connectivity index (χ0n) is 20.2. The maximum atomic E-state index is 12.7. The van der Waals surface area contributed by atoms with Crippen LogP contribution in [0.15, 0.2) is 65.6 Å². The minimum absolute atomic E-state index is 0.174. The van der Waals surface area contributed by atoms with Gasteiger partial charge in [0.05, 0.1) is 39.4 Å². The Balaban J connectivity index is 1.61. The molecule has 0 heterocycles. The van der Waals surface area contributed by atoms with Crippen molar-refractivity contribution in [2.45, 2.75) is 17.1 Å². The summed E-state index contributed by atoms with van der Waals surface area (Å²) in [4.78, 5) is 26.3. The highest BCUT2D eigenvalue weighted by Gasteiger charge is 2.17. The van der Waals surface area contributed by atoms with Crippen LogP contribution in [0.25, 0.3) is 0 Å². The van der Waals surface area contributed by atoms with Crippen molar-refractivity contribution in [3.63, 3.8) is 0 Å². The van der Waals surface area contributed by atoms with Gasteiger partial charge in [-0.25, -0.2) is 0 Å². The normalized spacial score (nSPS) is 11.2. The lowest BCUT2D eigenvalue weighted by molar-refractivity contribution is -0.115. The molecule has 0 aliphatic carbocycles. The molecule has 0 bridgehead atoms. The van der Waals surface area contributed by atoms with Gasteiger partial charge in [0.25, 0.3) is 5.91 Å². The molecule has 0 saturated heterocycles. The topological polar surface area (TPSA) is 95.1 Å². The van der Waals surface area contributed by atoms with Crippen molar-refractivity contribution in [1.29, 1.82) is 0 Å². The van der Waals surface area contributed by atoms with Crippen molar-refractivity contribution < 1.29 is 28.5 Å². The van der Waals surface area contributed by atoms with Gasteiger partial charge in [-0.1, -0.05) is 0 Å². The molecule has 35 heavy (non-hydrogen) atoms. The second-order valence-corrected chi connectivity index (χ2v) is 8.78. The lowest BCUT2D eigenvalue weighted by Gasteiger charge is -2.15. The zero-order chi connectivity index (χ0) is 25.4. The van der Waals surface area contributed by atoms with Crippen LogP contribution in [0.4, 0.5) is 11.4 Å². The number of rotatable bonds is 10. The molecular formula is C26H28N2O6S. The largest absolute Gasteiger partial charge is 0.497 e. The van der Waals surface area contributed by atoms with E-state index in [1.807, 2.05) is 19.1 Å². The molecule has 3 rings (SSSR count). The van der Waals surface area contributed by atoms with Crippen molar-refractivity contribution in [3.05, 3.63) is 66.2 Å². The lowest BCUT2D eigenvalue weighted by Crippen LogP contribution is -2.22. The van der Waals surface area contributed by atoms with Crippen LogP contribution in [0.3, 0.4) is 0 Å². The number of carbonyl (C=O) groups is 2. The fraction of sp³-hybridized carbons (Fsp3) is 0.231. The van der Waals surface area contributed by atoms with E-state index >= 15 is 0 Å². The standard InChI is InChI=1S/C26H28N2O6S/c1-16(25(29)28-21-15-19(31-2)9-13-22(21)32-3)35-20-10-7-18(8-11-20)27-26(30)17-6-12-23(33-4)24(14-17)34-5/h6-16H,1-5H3,(H,27,30)(H,28,29). The summed E-state index contributed by atoms with van der Waals surface area (Å²) in [7, 11) is 6.16. The van der Waals surface area contributed by atoms with Crippen LogP contribution in [0, 0.1) is 0 Å². The van der Waals surface area contributed by atoms with E-state index in [0.29, 0.717) is 39.9 Å². The Morgan fingerprint density at radius 3 is 2.03 bits per heavy atom. The minimum Gasteiger partial charge on any atom is -0.497 e. The summed E-state index contributed by atoms with van der Waals surface area (Å²) in [5, 5.41) is 5.37. The third-order valence-electron chi connectivity index (χ3n) is 5.10. The van der Waals surface area contributed by atoms with Crippen molar-refractivity contribution in [1.82, 2.24) is 0 Å². The first-order chi connectivity index (χ1) is 16.9. The molecular weight excluding hydrogens is 468 g/mol. The number of amides is 2. The van der Waals surface area contributed by atoms with Crippen LogP contribution < -0.4 is 29.6 Å². The van der Waals surface area contributed by atoms with Crippen LogP contribution in [-0.4, -0.2) is 45.5 Å². The van der Waals surface area contributed by atoms with Crippen LogP contribution in [0.5, 0.6) is 23.0 Å². The number of methoxy groups -OCH3 is 4. The Hall–Kier alpha value is -3.85. The SMILES string of the molecule is COc1ccc(OC)c(NC(=O)C(C)Sc2ccc(NC(=O)c3ccc(OC)c(OC)c3)cc2)c1. The quantitative estimate of drug-likeness (QED) is 0.378. The molecule has 0 spiro atoms. The minimum atomic E-state index is -0.377. The first kappa shape index (κ1) is 25.8. The van der Waals surface area contributed by atoms with E-state index in [1.165, 1.54) is 26.0 Å². The van der Waals surface area contributed by atoms with Gasteiger partial charge in [0.15, 0.2) is 11.5 Å². The molecule has 1 unspecified atom stereocenters. The molecule has 1 atom stereocenters. The third-order valence-corrected chi connectivity index (χ3v) is 6.22. The highest BCUT2D eigenvalue weighted by Crippen LogP contribution is 2.31.